The Balaban J connectivity index is 2.79. The highest BCUT2D eigenvalue weighted by Crippen LogP contribution is 2.24. The summed E-state index contributed by atoms with van der Waals surface area (Å²) in [6, 6.07) is 0. The van der Waals surface area contributed by atoms with Crippen LogP contribution < -0.4 is 0 Å². The molecule has 0 aromatic rings. The van der Waals surface area contributed by atoms with Crippen LogP contribution in [0.3, 0.4) is 0 Å². The molecule has 1 aliphatic rings. The van der Waals surface area contributed by atoms with Gasteiger partial charge in [-0.15, -0.1) is 6.58 Å². The molecule has 0 fully saturated rings. The number of hydrogen-bond acceptors (Lipinski definition) is 0. The first kappa shape index (κ1) is 17.4. The monoisotopic (exact) mass is 281 g/mol. The van der Waals surface area contributed by atoms with Gasteiger partial charge in [-0.2, -0.15) is 30.2 Å². The molecular formula is C21H29-. The fraction of sp³-hybridized carbons (Fsp3) is 0.381. The van der Waals surface area contributed by atoms with Gasteiger partial charge in [-0.1, -0.05) is 69.1 Å². The van der Waals surface area contributed by atoms with Crippen molar-refractivity contribution in [3.05, 3.63) is 77.8 Å². The van der Waals surface area contributed by atoms with Gasteiger partial charge in [0.05, 0.1) is 0 Å². The smallest absolute Gasteiger partial charge is 0.0132 e. The van der Waals surface area contributed by atoms with Crippen LogP contribution in [-0.4, -0.2) is 0 Å². The van der Waals surface area contributed by atoms with E-state index in [-0.39, 0.29) is 0 Å². The highest BCUT2D eigenvalue weighted by molar-refractivity contribution is 5.50. The molecule has 0 aromatic carbocycles. The van der Waals surface area contributed by atoms with Gasteiger partial charge in [0.25, 0.3) is 0 Å². The second-order valence-corrected chi connectivity index (χ2v) is 5.68. The van der Waals surface area contributed by atoms with Gasteiger partial charge in [0.15, 0.2) is 0 Å². The Labute approximate surface area is 131 Å². The zero-order chi connectivity index (χ0) is 15.7. The molecule has 0 unspecified atom stereocenters. The molecule has 0 N–H and O–H groups in total. The molecule has 114 valence electrons. The van der Waals surface area contributed by atoms with Crippen molar-refractivity contribution in [2.45, 2.75) is 52.9 Å². The molecule has 0 heterocycles. The fourth-order valence-corrected chi connectivity index (χ4v) is 2.36. The molecule has 0 heteroatoms. The van der Waals surface area contributed by atoms with Crippen LogP contribution >= 0.6 is 0 Å². The maximum absolute atomic E-state index is 4.22. The average molecular weight is 281 g/mol. The van der Waals surface area contributed by atoms with Crippen molar-refractivity contribution in [3.8, 4) is 0 Å². The van der Waals surface area contributed by atoms with Crippen LogP contribution in [-0.2, 0) is 0 Å². The Morgan fingerprint density at radius 1 is 1.33 bits per heavy atom. The van der Waals surface area contributed by atoms with Crippen LogP contribution in [0.15, 0.2) is 71.9 Å². The summed E-state index contributed by atoms with van der Waals surface area (Å²) >= 11 is 0. The highest BCUT2D eigenvalue weighted by atomic mass is 14.1. The summed E-state index contributed by atoms with van der Waals surface area (Å²) < 4.78 is 0. The van der Waals surface area contributed by atoms with Crippen LogP contribution in [0.5, 0.6) is 0 Å². The van der Waals surface area contributed by atoms with Gasteiger partial charge in [-0.3, -0.25) is 0 Å². The highest BCUT2D eigenvalue weighted by Gasteiger charge is 2.02. The summed E-state index contributed by atoms with van der Waals surface area (Å²) in [6.07, 6.45) is 18.9. The van der Waals surface area contributed by atoms with Crippen molar-refractivity contribution in [1.82, 2.24) is 0 Å². The van der Waals surface area contributed by atoms with E-state index in [0.717, 1.165) is 24.0 Å². The van der Waals surface area contributed by atoms with E-state index in [1.807, 2.05) is 0 Å². The van der Waals surface area contributed by atoms with Crippen LogP contribution in [0.2, 0.25) is 0 Å². The number of allylic oxidation sites excluding steroid dienone is 10. The number of unbranched alkanes of at least 4 members (excludes halogenated alkanes) is 1. The van der Waals surface area contributed by atoms with Crippen molar-refractivity contribution >= 4 is 0 Å². The minimum absolute atomic E-state index is 1.01. The van der Waals surface area contributed by atoms with Gasteiger partial charge in [-0.25, -0.2) is 0 Å². The lowest BCUT2D eigenvalue weighted by Crippen LogP contribution is -1.92. The predicted molar refractivity (Wildman–Crippen MR) is 96.1 cm³/mol. The Kier molecular flexibility index (Phi) is 7.68. The van der Waals surface area contributed by atoms with E-state index in [9.17, 15) is 0 Å². The minimum Gasteiger partial charge on any atom is -0.191 e. The van der Waals surface area contributed by atoms with Crippen molar-refractivity contribution in [2.75, 3.05) is 0 Å². The largest absolute Gasteiger partial charge is 0.191 e. The molecule has 0 radical (unpaired) electrons. The summed E-state index contributed by atoms with van der Waals surface area (Å²) in [5.41, 5.74) is 4.94. The van der Waals surface area contributed by atoms with Gasteiger partial charge < -0.3 is 0 Å². The summed E-state index contributed by atoms with van der Waals surface area (Å²) in [5, 5.41) is 0. The fourth-order valence-electron chi connectivity index (χ4n) is 2.36. The summed E-state index contributed by atoms with van der Waals surface area (Å²) in [5.74, 6) is 1.29. The molecular weight excluding hydrogens is 252 g/mol. The van der Waals surface area contributed by atoms with Crippen LogP contribution in [0, 0.1) is 5.92 Å². The molecule has 0 nitrogen and oxygen atoms in total. The van der Waals surface area contributed by atoms with Gasteiger partial charge in [0.2, 0.25) is 0 Å². The zero-order valence-corrected chi connectivity index (χ0v) is 13.9. The zero-order valence-electron chi connectivity index (χ0n) is 13.9. The topological polar surface area (TPSA) is 0 Å². The lowest BCUT2D eigenvalue weighted by atomic mass is 9.95. The van der Waals surface area contributed by atoms with E-state index < -0.39 is 0 Å². The third-order valence-electron chi connectivity index (χ3n) is 3.79. The predicted octanol–water partition coefficient (Wildman–Crippen LogP) is 6.66. The molecule has 1 aliphatic carbocycles. The van der Waals surface area contributed by atoms with Crippen molar-refractivity contribution in [1.29, 1.82) is 0 Å². The Morgan fingerprint density at radius 3 is 2.71 bits per heavy atom. The minimum atomic E-state index is 1.01. The molecule has 0 aromatic heterocycles. The van der Waals surface area contributed by atoms with E-state index >= 15 is 0 Å². The second-order valence-electron chi connectivity index (χ2n) is 5.68. The van der Waals surface area contributed by atoms with Gasteiger partial charge in [0.1, 0.15) is 0 Å². The molecule has 0 spiro atoms. The molecule has 0 saturated carbocycles. The van der Waals surface area contributed by atoms with Crippen molar-refractivity contribution in [3.63, 3.8) is 0 Å². The van der Waals surface area contributed by atoms with Crippen molar-refractivity contribution < 1.29 is 0 Å². The standard InChI is InChI=1S/C21H29/c1-6-8-11-19-12-9-10-13-21(16-19)18(5)14-15-20(7-2)17(3)4/h9-10,13-16H,3,5-8,11-12H2,1-2,4H3/q-1. The third-order valence-corrected chi connectivity index (χ3v) is 3.79. The van der Waals surface area contributed by atoms with Crippen LogP contribution in [0.25, 0.3) is 0 Å². The molecule has 0 atom stereocenters. The molecule has 0 amide bonds. The lowest BCUT2D eigenvalue weighted by Gasteiger charge is -2.18. The maximum atomic E-state index is 4.22. The third kappa shape index (κ3) is 6.08. The van der Waals surface area contributed by atoms with Crippen molar-refractivity contribution in [2.24, 2.45) is 0 Å². The first-order chi connectivity index (χ1) is 10.1. The Bertz CT molecular complexity index is 480. The second kappa shape index (κ2) is 9.28. The summed E-state index contributed by atoms with van der Waals surface area (Å²) in [4.78, 5) is 0. The maximum Gasteiger partial charge on any atom is -0.0132 e. The van der Waals surface area contributed by atoms with E-state index in [1.54, 1.807) is 0 Å². The Hall–Kier alpha value is -1.69. The van der Waals surface area contributed by atoms with Gasteiger partial charge >= 0.3 is 0 Å². The van der Waals surface area contributed by atoms with Gasteiger partial charge in [0, 0.05) is 0 Å². The Morgan fingerprint density at radius 2 is 2.10 bits per heavy atom. The first-order valence-electron chi connectivity index (χ1n) is 8.03. The normalized spacial score (nSPS) is 14.6. The first-order valence-corrected chi connectivity index (χ1v) is 8.03. The van der Waals surface area contributed by atoms with E-state index in [0.29, 0.717) is 0 Å². The van der Waals surface area contributed by atoms with Crippen LogP contribution in [0.1, 0.15) is 52.9 Å². The lowest BCUT2D eigenvalue weighted by molar-refractivity contribution is 0.775. The molecule has 0 aliphatic heterocycles. The number of hydrogen-bond donors (Lipinski definition) is 0. The SMILES string of the molecule is C=C(C=C[C-](CC)C(=C)C)C1=CC=CCC(CCCC)=C1. The van der Waals surface area contributed by atoms with E-state index in [4.69, 9.17) is 0 Å². The molecule has 0 saturated heterocycles. The van der Waals surface area contributed by atoms with Crippen LogP contribution in [0.4, 0.5) is 0 Å². The summed E-state index contributed by atoms with van der Waals surface area (Å²) in [6.45, 7) is 14.7. The van der Waals surface area contributed by atoms with Gasteiger partial charge in [-0.05, 0) is 24.8 Å². The summed E-state index contributed by atoms with van der Waals surface area (Å²) in [7, 11) is 0. The van der Waals surface area contributed by atoms with E-state index in [2.05, 4.69) is 70.4 Å². The molecule has 21 heavy (non-hydrogen) atoms. The quantitative estimate of drug-likeness (QED) is 0.344. The molecule has 1 rings (SSSR count). The molecule has 0 bridgehead atoms. The van der Waals surface area contributed by atoms with E-state index in [1.165, 1.54) is 36.3 Å². The average Bonchev–Trinajstić information content (AvgIpc) is 2.70. The number of rotatable bonds is 8.